The summed E-state index contributed by atoms with van der Waals surface area (Å²) < 4.78 is 29.9. The van der Waals surface area contributed by atoms with Crippen LogP contribution < -0.4 is 33.8 Å². The van der Waals surface area contributed by atoms with Crippen LogP contribution in [0.25, 0.3) is 6.08 Å². The Kier molecular flexibility index (Phi) is 8.87. The number of aliphatic carboxylic acids is 1. The minimum atomic E-state index is -1.11. The number of carbonyl (C=O) groups excluding carboxylic acids is 1. The van der Waals surface area contributed by atoms with E-state index in [4.69, 9.17) is 33.8 Å². The molecule has 2 aromatic carbocycles. The van der Waals surface area contributed by atoms with Crippen molar-refractivity contribution in [3.63, 3.8) is 0 Å². The van der Waals surface area contributed by atoms with Gasteiger partial charge >= 0.3 is 11.9 Å². The Hall–Kier alpha value is -3.85. The molecule has 0 amide bonds. The number of fused-ring (bicyclic) bond motifs is 2. The lowest BCUT2D eigenvalue weighted by Crippen LogP contribution is -2.40. The van der Waals surface area contributed by atoms with Crippen molar-refractivity contribution >= 4 is 51.9 Å². The Bertz CT molecular complexity index is 1780. The highest BCUT2D eigenvalue weighted by Crippen LogP contribution is 2.39. The third-order valence-electron chi connectivity index (χ3n) is 6.49. The number of methoxy groups -OCH3 is 1. The van der Waals surface area contributed by atoms with E-state index in [-0.39, 0.29) is 19.0 Å². The molecule has 0 spiro atoms. The van der Waals surface area contributed by atoms with Gasteiger partial charge in [0.1, 0.15) is 0 Å². The number of carboxylic acids is 1. The maximum absolute atomic E-state index is 14.0. The number of benzene rings is 2. The first-order chi connectivity index (χ1) is 20.2. The highest BCUT2D eigenvalue weighted by Gasteiger charge is 2.35. The molecular weight excluding hydrogens is 679 g/mol. The molecule has 2 aliphatic rings. The Morgan fingerprint density at radius 2 is 2.00 bits per heavy atom. The van der Waals surface area contributed by atoms with E-state index in [0.29, 0.717) is 64.7 Å². The zero-order valence-electron chi connectivity index (χ0n) is 23.0. The molecular formula is C29H27IN2O9S. The van der Waals surface area contributed by atoms with Gasteiger partial charge in [0, 0.05) is 0 Å². The average molecular weight is 707 g/mol. The average Bonchev–Trinajstić information content (AvgIpc) is 3.55. The first-order valence-corrected chi connectivity index (χ1v) is 15.0. The van der Waals surface area contributed by atoms with Crippen LogP contribution in [-0.2, 0) is 14.3 Å². The van der Waals surface area contributed by atoms with Crippen LogP contribution in [-0.4, -0.2) is 48.7 Å². The van der Waals surface area contributed by atoms with Crippen molar-refractivity contribution < 1.29 is 38.4 Å². The monoisotopic (exact) mass is 706 g/mol. The molecule has 0 aliphatic carbocycles. The van der Waals surface area contributed by atoms with E-state index in [1.807, 2.05) is 35.6 Å². The summed E-state index contributed by atoms with van der Waals surface area (Å²) in [5.74, 6) is 0.0951. The van der Waals surface area contributed by atoms with Gasteiger partial charge in [-0.05, 0) is 77.4 Å². The molecule has 0 unspecified atom stereocenters. The second kappa shape index (κ2) is 12.6. The quantitative estimate of drug-likeness (QED) is 0.249. The SMILES string of the molecule is CCCC1=C(C(=O)OCC)[C@@H](c2ccc3c(c2)OCO3)n2c(s/c(=C\c3cc(I)c(OCC(=O)O)c(OC)c3)c2=O)=N1. The lowest BCUT2D eigenvalue weighted by atomic mass is 9.94. The van der Waals surface area contributed by atoms with Crippen molar-refractivity contribution in [2.75, 3.05) is 27.1 Å². The number of allylic oxidation sites excluding steroid dienone is 1. The van der Waals surface area contributed by atoms with Gasteiger partial charge < -0.3 is 28.8 Å². The highest BCUT2D eigenvalue weighted by atomic mass is 127. The molecule has 42 heavy (non-hydrogen) atoms. The fourth-order valence-corrected chi connectivity index (χ4v) is 6.57. The number of ether oxygens (including phenoxy) is 5. The van der Waals surface area contributed by atoms with Crippen molar-refractivity contribution in [2.24, 2.45) is 4.99 Å². The van der Waals surface area contributed by atoms with Gasteiger partial charge in [-0.15, -0.1) is 0 Å². The van der Waals surface area contributed by atoms with Crippen LogP contribution in [0.3, 0.4) is 0 Å². The third kappa shape index (κ3) is 5.75. The lowest BCUT2D eigenvalue weighted by molar-refractivity contribution is -0.140. The Morgan fingerprint density at radius 1 is 1.21 bits per heavy atom. The molecule has 2 aliphatic heterocycles. The molecule has 3 heterocycles. The molecule has 1 atom stereocenters. The topological polar surface area (TPSA) is 135 Å². The molecule has 1 N–H and O–H groups in total. The molecule has 0 bridgehead atoms. The predicted octanol–water partition coefficient (Wildman–Crippen LogP) is 3.38. The summed E-state index contributed by atoms with van der Waals surface area (Å²) in [4.78, 5) is 43.7. The summed E-state index contributed by atoms with van der Waals surface area (Å²) in [6.45, 7) is 3.47. The number of carbonyl (C=O) groups is 2. The first kappa shape index (κ1) is 29.6. The highest BCUT2D eigenvalue weighted by molar-refractivity contribution is 14.1. The molecule has 13 heteroatoms. The summed E-state index contributed by atoms with van der Waals surface area (Å²) in [6, 6.07) is 7.99. The smallest absolute Gasteiger partial charge is 0.341 e. The maximum Gasteiger partial charge on any atom is 0.341 e. The third-order valence-corrected chi connectivity index (χ3v) is 8.28. The van der Waals surface area contributed by atoms with Gasteiger partial charge in [0.25, 0.3) is 5.56 Å². The summed E-state index contributed by atoms with van der Waals surface area (Å²) in [6.07, 6.45) is 2.96. The van der Waals surface area contributed by atoms with Crippen molar-refractivity contribution in [3.05, 3.63) is 76.0 Å². The van der Waals surface area contributed by atoms with E-state index in [1.165, 1.54) is 23.0 Å². The van der Waals surface area contributed by atoms with Gasteiger partial charge in [0.15, 0.2) is 34.4 Å². The van der Waals surface area contributed by atoms with Crippen LogP contribution in [0.15, 0.2) is 51.4 Å². The summed E-state index contributed by atoms with van der Waals surface area (Å²) in [5.41, 5.74) is 1.85. The van der Waals surface area contributed by atoms with Crippen molar-refractivity contribution in [3.8, 4) is 23.0 Å². The van der Waals surface area contributed by atoms with Gasteiger partial charge in [-0.2, -0.15) is 0 Å². The fourth-order valence-electron chi connectivity index (χ4n) is 4.77. The van der Waals surface area contributed by atoms with Gasteiger partial charge in [0.05, 0.1) is 39.1 Å². The second-order valence-corrected chi connectivity index (χ2v) is 11.4. The van der Waals surface area contributed by atoms with Gasteiger partial charge in [-0.1, -0.05) is 30.7 Å². The van der Waals surface area contributed by atoms with Crippen LogP contribution >= 0.6 is 33.9 Å². The van der Waals surface area contributed by atoms with Crippen molar-refractivity contribution in [1.29, 1.82) is 0 Å². The molecule has 0 fully saturated rings. The summed E-state index contributed by atoms with van der Waals surface area (Å²) >= 11 is 3.24. The van der Waals surface area contributed by atoms with Crippen molar-refractivity contribution in [1.82, 2.24) is 4.57 Å². The number of nitrogens with zero attached hydrogens (tertiary/aromatic N) is 2. The summed E-state index contributed by atoms with van der Waals surface area (Å²) in [7, 11) is 1.45. The number of halogens is 1. The molecule has 11 nitrogen and oxygen atoms in total. The van der Waals surface area contributed by atoms with E-state index >= 15 is 0 Å². The molecule has 0 saturated heterocycles. The lowest BCUT2D eigenvalue weighted by Gasteiger charge is -2.25. The van der Waals surface area contributed by atoms with Gasteiger partial charge in [-0.25, -0.2) is 14.6 Å². The normalized spacial score (nSPS) is 15.7. The zero-order chi connectivity index (χ0) is 30.0. The van der Waals surface area contributed by atoms with E-state index in [1.54, 1.807) is 37.3 Å². The van der Waals surface area contributed by atoms with Gasteiger partial charge in [0.2, 0.25) is 6.79 Å². The van der Waals surface area contributed by atoms with Crippen LogP contribution in [0, 0.1) is 3.57 Å². The van der Waals surface area contributed by atoms with E-state index in [2.05, 4.69) is 0 Å². The molecule has 220 valence electrons. The Morgan fingerprint density at radius 3 is 2.71 bits per heavy atom. The first-order valence-electron chi connectivity index (χ1n) is 13.1. The number of thiazole rings is 1. The summed E-state index contributed by atoms with van der Waals surface area (Å²) in [5, 5.41) is 9.01. The minimum absolute atomic E-state index is 0.0889. The predicted molar refractivity (Wildman–Crippen MR) is 161 cm³/mol. The maximum atomic E-state index is 14.0. The number of carboxylic acid groups (broad SMARTS) is 1. The van der Waals surface area contributed by atoms with Crippen LogP contribution in [0.4, 0.5) is 0 Å². The molecule has 0 radical (unpaired) electrons. The number of aromatic nitrogens is 1. The minimum Gasteiger partial charge on any atom is -0.493 e. The number of esters is 1. The fraction of sp³-hybridized carbons (Fsp3) is 0.310. The van der Waals surface area contributed by atoms with Crippen molar-refractivity contribution in [2.45, 2.75) is 32.7 Å². The Balaban J connectivity index is 1.69. The van der Waals surface area contributed by atoms with Gasteiger partial charge in [-0.3, -0.25) is 9.36 Å². The van der Waals surface area contributed by atoms with Crippen LogP contribution in [0.5, 0.6) is 23.0 Å². The largest absolute Gasteiger partial charge is 0.493 e. The second-order valence-electron chi connectivity index (χ2n) is 9.24. The van der Waals surface area contributed by atoms with E-state index in [9.17, 15) is 14.4 Å². The van der Waals surface area contributed by atoms with Crippen LogP contribution in [0.2, 0.25) is 0 Å². The molecule has 3 aromatic rings. The molecule has 5 rings (SSSR count). The van der Waals surface area contributed by atoms with Crippen LogP contribution in [0.1, 0.15) is 43.9 Å². The number of rotatable bonds is 10. The standard InChI is InChI=1S/C29H27IN2O9S/c1-4-6-18-24(28(36)38-5-2)25(16-7-8-19-20(12-16)41-14-40-19)32-27(35)22(42-29(32)31-18)11-15-9-17(30)26(21(10-15)37-3)39-13-23(33)34/h7-12,25H,4-6,13-14H2,1-3H3,(H,33,34)/b22-11-/t25-/m1/s1. The Labute approximate surface area is 257 Å². The van der Waals surface area contributed by atoms with E-state index < -0.39 is 24.6 Å². The number of hydrogen-bond acceptors (Lipinski definition) is 10. The molecule has 0 saturated carbocycles. The zero-order valence-corrected chi connectivity index (χ0v) is 25.9. The van der Waals surface area contributed by atoms with E-state index in [0.717, 1.165) is 6.42 Å². The molecule has 1 aromatic heterocycles. The number of hydrogen-bond donors (Lipinski definition) is 1.